The highest BCUT2D eigenvalue weighted by Crippen LogP contribution is 2.51. The fourth-order valence-electron chi connectivity index (χ4n) is 2.06. The second-order valence-corrected chi connectivity index (χ2v) is 5.17. The minimum atomic E-state index is 0.154. The van der Waals surface area contributed by atoms with Gasteiger partial charge in [0.2, 0.25) is 0 Å². The molecule has 4 unspecified atom stereocenters. The van der Waals surface area contributed by atoms with Crippen LogP contribution in [0.1, 0.15) is 13.8 Å². The first-order chi connectivity index (χ1) is 5.64. The molecule has 0 N–H and O–H groups in total. The van der Waals surface area contributed by atoms with Crippen LogP contribution < -0.4 is 0 Å². The first-order valence-electron chi connectivity index (χ1n) is 4.45. The predicted octanol–water partition coefficient (Wildman–Crippen LogP) is 3.23. The largest absolute Gasteiger partial charge is 0.0798 e. The number of halogens is 1. The van der Waals surface area contributed by atoms with Gasteiger partial charge in [-0.3, -0.25) is 0 Å². The summed E-state index contributed by atoms with van der Waals surface area (Å²) in [6, 6.07) is 0. The summed E-state index contributed by atoms with van der Waals surface area (Å²) in [6.45, 7) is 4.53. The Bertz CT molecular complexity index is 241. The Balaban J connectivity index is 2.34. The second kappa shape index (κ2) is 2.73. The van der Waals surface area contributed by atoms with Crippen LogP contribution in [0.25, 0.3) is 0 Å². The summed E-state index contributed by atoms with van der Waals surface area (Å²) in [7, 11) is 0. The van der Waals surface area contributed by atoms with E-state index >= 15 is 0 Å². The average Bonchev–Trinajstić information content (AvgIpc) is 2.28. The molecule has 0 aliphatic heterocycles. The van der Waals surface area contributed by atoms with Crippen LogP contribution in [-0.2, 0) is 0 Å². The number of hydrogen-bond donors (Lipinski definition) is 0. The van der Waals surface area contributed by atoms with Gasteiger partial charge in [-0.1, -0.05) is 54.1 Å². The molecule has 0 spiro atoms. The minimum Gasteiger partial charge on any atom is -0.0798 e. The minimum absolute atomic E-state index is 0.154. The van der Waals surface area contributed by atoms with E-state index in [0.717, 1.165) is 0 Å². The average molecular weight is 225 g/mol. The predicted molar refractivity (Wildman–Crippen MR) is 55.0 cm³/mol. The van der Waals surface area contributed by atoms with Crippen molar-refractivity contribution in [2.24, 2.45) is 17.8 Å². The standard InChI is InChI=1S/C11H13Br/c1-8-7-10-5-3-4-6-11(10,12)9(8)2/h3-6,8-10H,1-2H3. The van der Waals surface area contributed by atoms with Gasteiger partial charge in [0.25, 0.3) is 0 Å². The Morgan fingerprint density at radius 1 is 1.33 bits per heavy atom. The highest BCUT2D eigenvalue weighted by molar-refractivity contribution is 9.10. The maximum Gasteiger partial charge on any atom is 0.0536 e. The fourth-order valence-corrected chi connectivity index (χ4v) is 2.89. The third kappa shape index (κ3) is 1.02. The summed E-state index contributed by atoms with van der Waals surface area (Å²) >= 11 is 3.83. The molecule has 0 nitrogen and oxygen atoms in total. The van der Waals surface area contributed by atoms with Crippen molar-refractivity contribution in [3.8, 4) is 0 Å². The zero-order valence-electron chi connectivity index (χ0n) is 7.42. The number of allylic oxidation sites excluding steroid dienone is 4. The van der Waals surface area contributed by atoms with Crippen LogP contribution in [0, 0.1) is 24.2 Å². The van der Waals surface area contributed by atoms with Gasteiger partial charge >= 0.3 is 0 Å². The Kier molecular flexibility index (Phi) is 1.95. The summed E-state index contributed by atoms with van der Waals surface area (Å²) in [5.74, 6) is 1.69. The molecule has 0 heterocycles. The lowest BCUT2D eigenvalue weighted by Crippen LogP contribution is -2.30. The van der Waals surface area contributed by atoms with Crippen LogP contribution >= 0.6 is 15.9 Å². The summed E-state index contributed by atoms with van der Waals surface area (Å²) in [5.41, 5.74) is 0. The van der Waals surface area contributed by atoms with E-state index in [2.05, 4.69) is 60.5 Å². The lowest BCUT2D eigenvalue weighted by atomic mass is 9.86. The van der Waals surface area contributed by atoms with Crippen molar-refractivity contribution in [3.63, 3.8) is 0 Å². The third-order valence-electron chi connectivity index (χ3n) is 3.13. The summed E-state index contributed by atoms with van der Waals surface area (Å²) in [4.78, 5) is 0. The van der Waals surface area contributed by atoms with E-state index < -0.39 is 0 Å². The van der Waals surface area contributed by atoms with Crippen molar-refractivity contribution in [3.05, 3.63) is 30.7 Å². The lowest BCUT2D eigenvalue weighted by Gasteiger charge is -2.30. The molecule has 1 heteroatoms. The van der Waals surface area contributed by atoms with Crippen LogP contribution in [0.3, 0.4) is 0 Å². The van der Waals surface area contributed by atoms with Gasteiger partial charge in [0, 0.05) is 5.92 Å². The normalized spacial score (nSPS) is 51.1. The quantitative estimate of drug-likeness (QED) is 0.555. The molecule has 0 bridgehead atoms. The smallest absolute Gasteiger partial charge is 0.0536 e. The Morgan fingerprint density at radius 2 is 2.08 bits per heavy atom. The van der Waals surface area contributed by atoms with Gasteiger partial charge in [-0.25, -0.2) is 0 Å². The molecule has 0 aromatic carbocycles. The lowest BCUT2D eigenvalue weighted by molar-refractivity contribution is 0.441. The SMILES string of the molecule is CC1[C]C2C=CC=CC2(Br)C1C. The Labute approximate surface area is 82.9 Å². The van der Waals surface area contributed by atoms with Gasteiger partial charge in [-0.05, 0) is 18.3 Å². The van der Waals surface area contributed by atoms with Crippen LogP contribution in [0.5, 0.6) is 0 Å². The van der Waals surface area contributed by atoms with Crippen LogP contribution in [-0.4, -0.2) is 4.32 Å². The molecule has 2 radical (unpaired) electrons. The highest BCUT2D eigenvalue weighted by Gasteiger charge is 2.47. The van der Waals surface area contributed by atoms with Crippen LogP contribution in [0.4, 0.5) is 0 Å². The van der Waals surface area contributed by atoms with Crippen molar-refractivity contribution in [1.29, 1.82) is 0 Å². The molecule has 1 saturated carbocycles. The van der Waals surface area contributed by atoms with Crippen molar-refractivity contribution < 1.29 is 0 Å². The van der Waals surface area contributed by atoms with Gasteiger partial charge in [0.15, 0.2) is 0 Å². The topological polar surface area (TPSA) is 0 Å². The second-order valence-electron chi connectivity index (χ2n) is 3.79. The monoisotopic (exact) mass is 224 g/mol. The van der Waals surface area contributed by atoms with E-state index in [1.54, 1.807) is 0 Å². The molecule has 0 aromatic heterocycles. The number of hydrogen-bond acceptors (Lipinski definition) is 0. The van der Waals surface area contributed by atoms with Gasteiger partial charge in [-0.2, -0.15) is 0 Å². The van der Waals surface area contributed by atoms with E-state index in [1.165, 1.54) is 0 Å². The van der Waals surface area contributed by atoms with E-state index in [9.17, 15) is 0 Å². The Morgan fingerprint density at radius 3 is 2.75 bits per heavy atom. The first kappa shape index (κ1) is 8.55. The summed E-state index contributed by atoms with van der Waals surface area (Å²) < 4.78 is 0.154. The molecule has 12 heavy (non-hydrogen) atoms. The Hall–Kier alpha value is -0.0400. The van der Waals surface area contributed by atoms with E-state index in [4.69, 9.17) is 0 Å². The maximum absolute atomic E-state index is 3.83. The number of rotatable bonds is 0. The van der Waals surface area contributed by atoms with Gasteiger partial charge in [0.05, 0.1) is 4.32 Å². The molecule has 2 rings (SSSR count). The zero-order chi connectivity index (χ0) is 8.77. The molecule has 2 aliphatic carbocycles. The molecule has 64 valence electrons. The van der Waals surface area contributed by atoms with Crippen LogP contribution in [0.2, 0.25) is 0 Å². The summed E-state index contributed by atoms with van der Waals surface area (Å²) in [5, 5.41) is 0. The molecule has 0 amide bonds. The van der Waals surface area contributed by atoms with Crippen molar-refractivity contribution in [1.82, 2.24) is 0 Å². The molecular weight excluding hydrogens is 212 g/mol. The van der Waals surface area contributed by atoms with Crippen molar-refractivity contribution in [2.45, 2.75) is 18.2 Å². The van der Waals surface area contributed by atoms with Crippen molar-refractivity contribution >= 4 is 15.9 Å². The number of alkyl halides is 1. The molecule has 2 aliphatic rings. The fraction of sp³-hybridized carbons (Fsp3) is 0.545. The summed E-state index contributed by atoms with van der Waals surface area (Å²) in [6.07, 6.45) is 12.3. The molecule has 0 aromatic rings. The van der Waals surface area contributed by atoms with E-state index in [1.807, 2.05) is 0 Å². The third-order valence-corrected chi connectivity index (χ3v) is 4.61. The van der Waals surface area contributed by atoms with Gasteiger partial charge in [0.1, 0.15) is 0 Å². The first-order valence-corrected chi connectivity index (χ1v) is 5.25. The van der Waals surface area contributed by atoms with Crippen LogP contribution in [0.15, 0.2) is 24.3 Å². The van der Waals surface area contributed by atoms with Gasteiger partial charge in [-0.15, -0.1) is 0 Å². The zero-order valence-corrected chi connectivity index (χ0v) is 9.01. The molecule has 4 atom stereocenters. The maximum atomic E-state index is 3.83. The number of fused-ring (bicyclic) bond motifs is 1. The molecule has 1 fully saturated rings. The molecular formula is C11H13Br. The highest BCUT2D eigenvalue weighted by atomic mass is 79.9. The van der Waals surface area contributed by atoms with Gasteiger partial charge < -0.3 is 0 Å². The van der Waals surface area contributed by atoms with E-state index in [-0.39, 0.29) is 4.32 Å². The van der Waals surface area contributed by atoms with E-state index in [0.29, 0.717) is 17.8 Å². The van der Waals surface area contributed by atoms with Crippen molar-refractivity contribution in [2.75, 3.05) is 0 Å². The molecule has 0 saturated heterocycles.